The van der Waals surface area contributed by atoms with E-state index >= 15 is 0 Å². The van der Waals surface area contributed by atoms with Gasteiger partial charge >= 0.3 is 0 Å². The maximum Gasteiger partial charge on any atom is 0.0521 e. The quantitative estimate of drug-likeness (QED) is 0.929. The summed E-state index contributed by atoms with van der Waals surface area (Å²) >= 11 is 6.36. The second-order valence-corrected chi connectivity index (χ2v) is 5.79. The van der Waals surface area contributed by atoms with Crippen LogP contribution in [0.3, 0.4) is 0 Å². The molecule has 1 aromatic carbocycles. The van der Waals surface area contributed by atoms with Crippen LogP contribution in [0.15, 0.2) is 36.7 Å². The van der Waals surface area contributed by atoms with Crippen LogP contribution in [0.2, 0.25) is 5.02 Å². The Kier molecular flexibility index (Phi) is 3.33. The van der Waals surface area contributed by atoms with Crippen molar-refractivity contribution >= 4 is 11.6 Å². The molecular formula is C15H18ClN3. The minimum absolute atomic E-state index is 0.189. The van der Waals surface area contributed by atoms with E-state index in [1.54, 1.807) is 0 Å². The number of rotatable bonds is 4. The first-order valence-electron chi connectivity index (χ1n) is 6.63. The molecule has 2 aromatic rings. The van der Waals surface area contributed by atoms with Crippen molar-refractivity contribution in [2.75, 3.05) is 13.1 Å². The first kappa shape index (κ1) is 12.7. The number of hydrogen-bond acceptors (Lipinski definition) is 2. The topological polar surface area (TPSA) is 29.9 Å². The maximum absolute atomic E-state index is 6.36. The van der Waals surface area contributed by atoms with Gasteiger partial charge in [-0.1, -0.05) is 29.8 Å². The van der Waals surface area contributed by atoms with Gasteiger partial charge in [0.15, 0.2) is 0 Å². The molecule has 4 heteroatoms. The van der Waals surface area contributed by atoms with Crippen molar-refractivity contribution in [3.63, 3.8) is 0 Å². The maximum atomic E-state index is 6.36. The molecule has 1 aliphatic heterocycles. The molecule has 1 aromatic heterocycles. The van der Waals surface area contributed by atoms with Crippen molar-refractivity contribution in [3.8, 4) is 0 Å². The lowest BCUT2D eigenvalue weighted by Crippen LogP contribution is -2.57. The van der Waals surface area contributed by atoms with Crippen molar-refractivity contribution in [2.45, 2.75) is 18.3 Å². The molecule has 2 heterocycles. The summed E-state index contributed by atoms with van der Waals surface area (Å²) in [6.07, 6.45) is 6.19. The van der Waals surface area contributed by atoms with Crippen LogP contribution < -0.4 is 5.32 Å². The highest BCUT2D eigenvalue weighted by Gasteiger charge is 2.39. The van der Waals surface area contributed by atoms with E-state index in [1.165, 1.54) is 11.1 Å². The van der Waals surface area contributed by atoms with Gasteiger partial charge in [0.2, 0.25) is 0 Å². The average molecular weight is 276 g/mol. The first-order chi connectivity index (χ1) is 9.20. The van der Waals surface area contributed by atoms with E-state index in [0.29, 0.717) is 0 Å². The third kappa shape index (κ3) is 2.40. The van der Waals surface area contributed by atoms with Crippen LogP contribution in [-0.2, 0) is 18.9 Å². The Labute approximate surface area is 118 Å². The second-order valence-electron chi connectivity index (χ2n) is 5.39. The summed E-state index contributed by atoms with van der Waals surface area (Å²) in [5, 5.41) is 8.50. The number of aromatic nitrogens is 2. The van der Waals surface area contributed by atoms with E-state index in [9.17, 15) is 0 Å². The molecule has 100 valence electrons. The molecule has 0 atom stereocenters. The molecule has 0 unspecified atom stereocenters. The normalized spacial score (nSPS) is 17.2. The zero-order valence-corrected chi connectivity index (χ0v) is 11.8. The molecule has 1 fully saturated rings. The fourth-order valence-electron chi connectivity index (χ4n) is 2.80. The van der Waals surface area contributed by atoms with Gasteiger partial charge in [0.25, 0.3) is 0 Å². The van der Waals surface area contributed by atoms with E-state index in [1.807, 2.05) is 30.1 Å². The summed E-state index contributed by atoms with van der Waals surface area (Å²) in [5.74, 6) is 0. The highest BCUT2D eigenvalue weighted by atomic mass is 35.5. The minimum Gasteiger partial charge on any atom is -0.315 e. The molecule has 0 amide bonds. The van der Waals surface area contributed by atoms with Crippen LogP contribution in [0.25, 0.3) is 0 Å². The van der Waals surface area contributed by atoms with E-state index in [0.717, 1.165) is 31.0 Å². The number of aryl methyl sites for hydroxylation is 2. The smallest absolute Gasteiger partial charge is 0.0521 e. The number of halogens is 1. The van der Waals surface area contributed by atoms with Crippen molar-refractivity contribution in [1.29, 1.82) is 0 Å². The predicted molar refractivity (Wildman–Crippen MR) is 77.5 cm³/mol. The van der Waals surface area contributed by atoms with Gasteiger partial charge in [0.05, 0.1) is 6.20 Å². The number of nitrogens with zero attached hydrogens (tertiary/aromatic N) is 2. The molecule has 0 saturated carbocycles. The van der Waals surface area contributed by atoms with Gasteiger partial charge in [-0.2, -0.15) is 5.10 Å². The summed E-state index contributed by atoms with van der Waals surface area (Å²) in [5.41, 5.74) is 2.76. The van der Waals surface area contributed by atoms with E-state index in [4.69, 9.17) is 11.6 Å². The number of hydrogen-bond donors (Lipinski definition) is 1. The largest absolute Gasteiger partial charge is 0.315 e. The van der Waals surface area contributed by atoms with Gasteiger partial charge in [0.1, 0.15) is 0 Å². The van der Waals surface area contributed by atoms with Gasteiger partial charge in [-0.3, -0.25) is 4.68 Å². The van der Waals surface area contributed by atoms with Crippen LogP contribution in [0, 0.1) is 0 Å². The van der Waals surface area contributed by atoms with Crippen molar-refractivity contribution < 1.29 is 0 Å². The third-order valence-corrected chi connectivity index (χ3v) is 4.35. The summed E-state index contributed by atoms with van der Waals surface area (Å²) in [7, 11) is 1.96. The van der Waals surface area contributed by atoms with E-state index in [2.05, 4.69) is 28.7 Å². The minimum atomic E-state index is 0.189. The Bertz CT molecular complexity index is 572. The Morgan fingerprint density at radius 1 is 1.37 bits per heavy atom. The van der Waals surface area contributed by atoms with Crippen molar-refractivity contribution in [1.82, 2.24) is 15.1 Å². The monoisotopic (exact) mass is 275 g/mol. The molecule has 0 bridgehead atoms. The summed E-state index contributed by atoms with van der Waals surface area (Å²) in [4.78, 5) is 0. The molecule has 0 spiro atoms. The first-order valence-corrected chi connectivity index (χ1v) is 7.01. The van der Waals surface area contributed by atoms with Crippen molar-refractivity contribution in [3.05, 3.63) is 52.8 Å². The molecule has 3 nitrogen and oxygen atoms in total. The molecule has 0 aliphatic carbocycles. The Hall–Kier alpha value is -1.32. The van der Waals surface area contributed by atoms with Crippen molar-refractivity contribution in [2.24, 2.45) is 7.05 Å². The SMILES string of the molecule is Cn1cc(CCC2(c3ccccc3Cl)CNC2)cn1. The highest BCUT2D eigenvalue weighted by Crippen LogP contribution is 2.37. The molecule has 1 N–H and O–H groups in total. The third-order valence-electron chi connectivity index (χ3n) is 4.02. The van der Waals surface area contributed by atoms with Gasteiger partial charge in [-0.15, -0.1) is 0 Å². The standard InChI is InChI=1S/C15H18ClN3/c1-19-9-12(8-18-19)6-7-15(10-17-11-15)13-4-2-3-5-14(13)16/h2-5,8-9,17H,6-7,10-11H2,1H3. The average Bonchev–Trinajstić information content (AvgIpc) is 2.76. The van der Waals surface area contributed by atoms with Gasteiger partial charge in [-0.05, 0) is 30.0 Å². The second kappa shape index (κ2) is 4.99. The summed E-state index contributed by atoms with van der Waals surface area (Å²) in [6, 6.07) is 8.21. The molecule has 1 saturated heterocycles. The van der Waals surface area contributed by atoms with E-state index < -0.39 is 0 Å². The predicted octanol–water partition coefficient (Wildman–Crippen LogP) is 2.55. The van der Waals surface area contributed by atoms with Gasteiger partial charge < -0.3 is 5.32 Å². The van der Waals surface area contributed by atoms with Gasteiger partial charge in [0, 0.05) is 36.8 Å². The zero-order chi connectivity index (χ0) is 13.3. The van der Waals surface area contributed by atoms with Crippen LogP contribution in [0.5, 0.6) is 0 Å². The Balaban J connectivity index is 1.78. The lowest BCUT2D eigenvalue weighted by atomic mass is 9.71. The number of nitrogens with one attached hydrogen (secondary N) is 1. The Morgan fingerprint density at radius 3 is 2.74 bits per heavy atom. The Morgan fingerprint density at radius 2 is 2.16 bits per heavy atom. The lowest BCUT2D eigenvalue weighted by Gasteiger charge is -2.44. The van der Waals surface area contributed by atoms with E-state index in [-0.39, 0.29) is 5.41 Å². The van der Waals surface area contributed by atoms with Crippen LogP contribution in [0.4, 0.5) is 0 Å². The zero-order valence-electron chi connectivity index (χ0n) is 11.1. The molecule has 19 heavy (non-hydrogen) atoms. The molecule has 0 radical (unpaired) electrons. The summed E-state index contributed by atoms with van der Waals surface area (Å²) < 4.78 is 1.86. The van der Waals surface area contributed by atoms with Crippen LogP contribution in [-0.4, -0.2) is 22.9 Å². The highest BCUT2D eigenvalue weighted by molar-refractivity contribution is 6.31. The fraction of sp³-hybridized carbons (Fsp3) is 0.400. The molecule has 3 rings (SSSR count). The number of benzene rings is 1. The fourth-order valence-corrected chi connectivity index (χ4v) is 3.14. The van der Waals surface area contributed by atoms with Crippen LogP contribution in [0.1, 0.15) is 17.5 Å². The van der Waals surface area contributed by atoms with Crippen LogP contribution >= 0.6 is 11.6 Å². The lowest BCUT2D eigenvalue weighted by molar-refractivity contribution is 0.258. The molecule has 1 aliphatic rings. The molecular weight excluding hydrogens is 258 g/mol. The summed E-state index contributed by atoms with van der Waals surface area (Å²) in [6.45, 7) is 2.02. The van der Waals surface area contributed by atoms with Gasteiger partial charge in [-0.25, -0.2) is 0 Å².